The molecule has 27 heavy (non-hydrogen) atoms. The average molecular weight is 460 g/mol. The number of halogens is 3. The van der Waals surface area contributed by atoms with E-state index in [0.29, 0.717) is 17.2 Å². The van der Waals surface area contributed by atoms with E-state index in [4.69, 9.17) is 13.6 Å². The average Bonchev–Trinajstić information content (AvgIpc) is 2.57. The molecule has 0 heterocycles. The second kappa shape index (κ2) is 13.8. The summed E-state index contributed by atoms with van der Waals surface area (Å²) in [6, 6.07) is 26.4. The van der Waals surface area contributed by atoms with Gasteiger partial charge in [0.2, 0.25) is 0 Å². The van der Waals surface area contributed by atoms with E-state index in [2.05, 4.69) is 0 Å². The molecule has 4 nitrogen and oxygen atoms in total. The summed E-state index contributed by atoms with van der Waals surface area (Å²) in [4.78, 5) is 0. The summed E-state index contributed by atoms with van der Waals surface area (Å²) in [5, 5.41) is 0. The zero-order valence-electron chi connectivity index (χ0n) is 14.0. The predicted molar refractivity (Wildman–Crippen MR) is 94.6 cm³/mol. The molecule has 0 aliphatic rings. The fourth-order valence-corrected chi connectivity index (χ4v) is 3.14. The molecule has 0 radical (unpaired) electrons. The van der Waals surface area contributed by atoms with Gasteiger partial charge < -0.3 is 50.8 Å². The van der Waals surface area contributed by atoms with Gasteiger partial charge >= 0.3 is 25.2 Å². The van der Waals surface area contributed by atoms with Crippen LogP contribution in [0.15, 0.2) is 91.0 Å². The third-order valence-corrected chi connectivity index (χ3v) is 4.18. The second-order valence-corrected chi connectivity index (χ2v) is 6.10. The first-order valence-corrected chi connectivity index (χ1v) is 8.54. The largest absolute Gasteiger partial charge is 3.00 e. The van der Waals surface area contributed by atoms with Crippen molar-refractivity contribution in [1.29, 1.82) is 0 Å². The van der Waals surface area contributed by atoms with Crippen molar-refractivity contribution in [2.45, 2.75) is 0 Å². The smallest absolute Gasteiger partial charge is 1.00 e. The van der Waals surface area contributed by atoms with Crippen LogP contribution in [0.1, 0.15) is 0 Å². The Hall–Kier alpha value is -1.31. The number of benzene rings is 3. The minimum atomic E-state index is -3.89. The number of phosphoric ester groups is 1. The molecule has 0 amide bonds. The molecule has 0 fully saturated rings. The molecule has 9 heteroatoms. The molecule has 0 saturated heterocycles. The maximum atomic E-state index is 13.1. The third-order valence-electron chi connectivity index (χ3n) is 2.88. The zero-order chi connectivity index (χ0) is 16.0. The molecular weight excluding hydrogens is 445 g/mol. The van der Waals surface area contributed by atoms with Crippen LogP contribution in [0, 0.1) is 0 Å². The van der Waals surface area contributed by atoms with Crippen molar-refractivity contribution in [2.75, 3.05) is 0 Å². The van der Waals surface area contributed by atoms with E-state index in [1.165, 1.54) is 0 Å². The quantitative estimate of drug-likeness (QED) is 0.278. The van der Waals surface area contributed by atoms with Crippen molar-refractivity contribution < 1.29 is 55.4 Å². The summed E-state index contributed by atoms with van der Waals surface area (Å²) < 4.78 is 29.6. The normalized spacial score (nSPS) is 9.19. The fraction of sp³-hybridized carbons (Fsp3) is 0. The molecule has 0 aromatic heterocycles. The number of hydrogen-bond donors (Lipinski definition) is 0. The summed E-state index contributed by atoms with van der Waals surface area (Å²) in [5.74, 6) is 1.22. The Morgan fingerprint density at radius 2 is 0.704 bits per heavy atom. The number of para-hydroxylation sites is 3. The molecule has 140 valence electrons. The van der Waals surface area contributed by atoms with Gasteiger partial charge in [-0.15, -0.1) is 0 Å². The van der Waals surface area contributed by atoms with Crippen molar-refractivity contribution in [3.05, 3.63) is 91.0 Å². The van der Waals surface area contributed by atoms with Crippen LogP contribution in [0.3, 0.4) is 0 Å². The molecule has 0 saturated carbocycles. The Labute approximate surface area is 188 Å². The van der Waals surface area contributed by atoms with Gasteiger partial charge in [0.25, 0.3) is 0 Å². The van der Waals surface area contributed by atoms with Crippen LogP contribution in [0.25, 0.3) is 0 Å². The molecule has 0 N–H and O–H groups in total. The van der Waals surface area contributed by atoms with Gasteiger partial charge in [-0.1, -0.05) is 54.6 Å². The van der Waals surface area contributed by atoms with E-state index in [1.54, 1.807) is 72.8 Å². The van der Waals surface area contributed by atoms with Crippen molar-refractivity contribution >= 4 is 25.2 Å². The molecular formula is C18H15AlCl3O4P. The van der Waals surface area contributed by atoms with Crippen molar-refractivity contribution in [2.24, 2.45) is 0 Å². The zero-order valence-corrected chi connectivity index (χ0v) is 18.3. The van der Waals surface area contributed by atoms with Gasteiger partial charge in [-0.25, -0.2) is 0 Å². The number of hydrogen-bond acceptors (Lipinski definition) is 4. The summed E-state index contributed by atoms with van der Waals surface area (Å²) in [6.07, 6.45) is 0. The van der Waals surface area contributed by atoms with Gasteiger partial charge in [0, 0.05) is 0 Å². The van der Waals surface area contributed by atoms with Gasteiger partial charge in [0.1, 0.15) is 17.2 Å². The summed E-state index contributed by atoms with van der Waals surface area (Å²) in [7, 11) is -3.89. The Bertz CT molecular complexity index is 687. The molecule has 3 rings (SSSR count). The van der Waals surface area contributed by atoms with Crippen molar-refractivity contribution in [3.63, 3.8) is 0 Å². The van der Waals surface area contributed by atoms with Gasteiger partial charge in [-0.3, -0.25) is 0 Å². The van der Waals surface area contributed by atoms with E-state index in [-0.39, 0.29) is 54.6 Å². The molecule has 3 aromatic rings. The summed E-state index contributed by atoms with van der Waals surface area (Å²) in [6.45, 7) is 0. The Morgan fingerprint density at radius 1 is 0.481 bits per heavy atom. The molecule has 0 unspecified atom stereocenters. The maximum Gasteiger partial charge on any atom is 3.00 e. The van der Waals surface area contributed by atoms with Crippen LogP contribution in [0.5, 0.6) is 17.2 Å². The van der Waals surface area contributed by atoms with E-state index >= 15 is 0 Å². The number of rotatable bonds is 6. The van der Waals surface area contributed by atoms with E-state index in [9.17, 15) is 4.57 Å². The molecule has 0 atom stereocenters. The van der Waals surface area contributed by atoms with Crippen LogP contribution in [-0.4, -0.2) is 17.4 Å². The van der Waals surface area contributed by atoms with Gasteiger partial charge in [0.15, 0.2) is 0 Å². The van der Waals surface area contributed by atoms with Crippen molar-refractivity contribution in [3.8, 4) is 17.2 Å². The van der Waals surface area contributed by atoms with Crippen LogP contribution in [0.2, 0.25) is 0 Å². The topological polar surface area (TPSA) is 44.8 Å². The predicted octanol–water partition coefficient (Wildman–Crippen LogP) is -4.04. The first-order valence-electron chi connectivity index (χ1n) is 7.07. The monoisotopic (exact) mass is 458 g/mol. The minimum Gasteiger partial charge on any atom is -1.00 e. The Morgan fingerprint density at radius 3 is 0.926 bits per heavy atom. The van der Waals surface area contributed by atoms with E-state index in [1.807, 2.05) is 18.2 Å². The molecule has 0 aliphatic carbocycles. The third kappa shape index (κ3) is 8.95. The molecule has 0 aliphatic heterocycles. The van der Waals surface area contributed by atoms with E-state index < -0.39 is 7.82 Å². The SMILES string of the molecule is O=P(Oc1ccccc1)(Oc1ccccc1)Oc1ccccc1.[Al+3].[Cl-].[Cl-].[Cl-]. The van der Waals surface area contributed by atoms with Gasteiger partial charge in [0.05, 0.1) is 0 Å². The van der Waals surface area contributed by atoms with Gasteiger partial charge in [-0.2, -0.15) is 4.57 Å². The van der Waals surface area contributed by atoms with Crippen LogP contribution in [0.4, 0.5) is 0 Å². The Balaban J connectivity index is 0. The first-order chi connectivity index (χ1) is 11.2. The first kappa shape index (κ1) is 27.9. The van der Waals surface area contributed by atoms with E-state index in [0.717, 1.165) is 0 Å². The second-order valence-electron chi connectivity index (χ2n) is 4.66. The van der Waals surface area contributed by atoms with Crippen LogP contribution < -0.4 is 50.8 Å². The van der Waals surface area contributed by atoms with Gasteiger partial charge in [-0.05, 0) is 36.4 Å². The molecule has 3 aromatic carbocycles. The van der Waals surface area contributed by atoms with Crippen LogP contribution in [-0.2, 0) is 4.57 Å². The number of phosphoric acid groups is 1. The van der Waals surface area contributed by atoms with Crippen molar-refractivity contribution in [1.82, 2.24) is 0 Å². The molecule has 0 spiro atoms. The Kier molecular flexibility index (Phi) is 14.3. The van der Waals surface area contributed by atoms with Crippen LogP contribution >= 0.6 is 7.82 Å². The maximum absolute atomic E-state index is 13.1. The fourth-order valence-electron chi connectivity index (χ4n) is 1.89. The summed E-state index contributed by atoms with van der Waals surface area (Å²) >= 11 is 0. The standard InChI is InChI=1S/C18H15O4P.Al.3ClH/c19-23(20-16-10-4-1-5-11-16,21-17-12-6-2-7-13-17)22-18-14-8-3-9-15-18;;;;/h1-15H;;3*1H/q;+3;;;/p-3. The molecule has 0 bridgehead atoms. The minimum absolute atomic E-state index is 0. The summed E-state index contributed by atoms with van der Waals surface area (Å²) in [5.41, 5.74) is 0.